The molecule has 2 aromatic rings. The standard InChI is InChI=1S/C21H24N4O2/c1-21(2)13-22-20-18(25(26)27)17(15-9-5-3-6-10-15)23-19(24(20)14-21)16-11-7-4-8-12-16/h3-12,17,19,22-23H,13-14H2,1-2H3. The molecule has 2 atom stereocenters. The van der Waals surface area contributed by atoms with Gasteiger partial charge in [0.25, 0.3) is 0 Å². The fourth-order valence-corrected chi connectivity index (χ4v) is 3.95. The van der Waals surface area contributed by atoms with Crippen molar-refractivity contribution in [3.8, 4) is 0 Å². The molecule has 0 saturated carbocycles. The summed E-state index contributed by atoms with van der Waals surface area (Å²) < 4.78 is 0. The van der Waals surface area contributed by atoms with Crippen molar-refractivity contribution in [2.24, 2.45) is 5.41 Å². The highest BCUT2D eigenvalue weighted by Gasteiger charge is 2.46. The van der Waals surface area contributed by atoms with Crippen molar-refractivity contribution in [2.45, 2.75) is 26.1 Å². The van der Waals surface area contributed by atoms with E-state index in [-0.39, 0.29) is 22.2 Å². The molecule has 1 saturated heterocycles. The van der Waals surface area contributed by atoms with Crippen LogP contribution in [-0.2, 0) is 0 Å². The molecule has 1 fully saturated rings. The molecule has 0 aliphatic carbocycles. The Kier molecular flexibility index (Phi) is 4.36. The molecule has 2 aliphatic heterocycles. The zero-order valence-corrected chi connectivity index (χ0v) is 15.6. The lowest BCUT2D eigenvalue weighted by Gasteiger charge is -2.49. The Morgan fingerprint density at radius 1 is 1.04 bits per heavy atom. The Labute approximate surface area is 159 Å². The zero-order valence-electron chi connectivity index (χ0n) is 15.6. The molecule has 2 aromatic carbocycles. The quantitative estimate of drug-likeness (QED) is 0.645. The minimum absolute atomic E-state index is 0.0134. The molecular weight excluding hydrogens is 340 g/mol. The van der Waals surface area contributed by atoms with Crippen LogP contribution in [0.2, 0.25) is 0 Å². The van der Waals surface area contributed by atoms with Gasteiger partial charge in [0.15, 0.2) is 5.82 Å². The van der Waals surface area contributed by atoms with Gasteiger partial charge in [-0.25, -0.2) is 0 Å². The van der Waals surface area contributed by atoms with Gasteiger partial charge in [0.05, 0.1) is 4.92 Å². The van der Waals surface area contributed by atoms with E-state index < -0.39 is 6.04 Å². The van der Waals surface area contributed by atoms with Crippen LogP contribution >= 0.6 is 0 Å². The summed E-state index contributed by atoms with van der Waals surface area (Å²) in [6, 6.07) is 19.3. The number of nitro groups is 1. The van der Waals surface area contributed by atoms with Crippen LogP contribution in [0.3, 0.4) is 0 Å². The van der Waals surface area contributed by atoms with Gasteiger partial charge in [0.2, 0.25) is 0 Å². The average molecular weight is 364 g/mol. The molecule has 140 valence electrons. The third kappa shape index (κ3) is 3.28. The summed E-state index contributed by atoms with van der Waals surface area (Å²) in [4.78, 5) is 13.9. The lowest BCUT2D eigenvalue weighted by molar-refractivity contribution is -0.436. The van der Waals surface area contributed by atoms with E-state index in [0.717, 1.165) is 17.7 Å². The molecule has 2 N–H and O–H groups in total. The lowest BCUT2D eigenvalue weighted by atomic mass is 9.88. The van der Waals surface area contributed by atoms with Crippen LogP contribution in [0.1, 0.15) is 37.2 Å². The normalized spacial score (nSPS) is 24.1. The van der Waals surface area contributed by atoms with Crippen LogP contribution in [0, 0.1) is 15.5 Å². The molecule has 6 heteroatoms. The fraction of sp³-hybridized carbons (Fsp3) is 0.333. The van der Waals surface area contributed by atoms with Gasteiger partial charge in [0.1, 0.15) is 12.2 Å². The predicted octanol–water partition coefficient (Wildman–Crippen LogP) is 3.41. The zero-order chi connectivity index (χ0) is 19.0. The van der Waals surface area contributed by atoms with Gasteiger partial charge in [-0.15, -0.1) is 0 Å². The molecule has 2 aliphatic rings. The number of rotatable bonds is 3. The van der Waals surface area contributed by atoms with E-state index in [2.05, 4.69) is 41.5 Å². The monoisotopic (exact) mass is 364 g/mol. The maximum absolute atomic E-state index is 12.0. The number of nitrogens with one attached hydrogen (secondary N) is 2. The molecular formula is C21H24N4O2. The van der Waals surface area contributed by atoms with Crippen molar-refractivity contribution in [1.29, 1.82) is 0 Å². The van der Waals surface area contributed by atoms with E-state index in [0.29, 0.717) is 12.4 Å². The molecule has 0 spiro atoms. The predicted molar refractivity (Wildman–Crippen MR) is 104 cm³/mol. The maximum atomic E-state index is 12.0. The first-order chi connectivity index (χ1) is 13.0. The molecule has 2 heterocycles. The fourth-order valence-electron chi connectivity index (χ4n) is 3.95. The van der Waals surface area contributed by atoms with Crippen LogP contribution in [0.25, 0.3) is 0 Å². The molecule has 6 nitrogen and oxygen atoms in total. The Morgan fingerprint density at radius 3 is 2.22 bits per heavy atom. The van der Waals surface area contributed by atoms with Gasteiger partial charge in [-0.1, -0.05) is 74.5 Å². The summed E-state index contributed by atoms with van der Waals surface area (Å²) in [7, 11) is 0. The Hall–Kier alpha value is -2.86. The number of hydrogen-bond donors (Lipinski definition) is 2. The molecule has 0 radical (unpaired) electrons. The third-order valence-corrected chi connectivity index (χ3v) is 5.22. The van der Waals surface area contributed by atoms with Crippen LogP contribution in [0.4, 0.5) is 0 Å². The summed E-state index contributed by atoms with van der Waals surface area (Å²) >= 11 is 0. The highest BCUT2D eigenvalue weighted by Crippen LogP contribution is 2.40. The van der Waals surface area contributed by atoms with Crippen molar-refractivity contribution in [1.82, 2.24) is 15.5 Å². The Bertz CT molecular complexity index is 864. The first-order valence-corrected chi connectivity index (χ1v) is 9.21. The summed E-state index contributed by atoms with van der Waals surface area (Å²) in [6.07, 6.45) is -0.137. The minimum atomic E-state index is -0.480. The molecule has 2 unspecified atom stereocenters. The highest BCUT2D eigenvalue weighted by atomic mass is 16.6. The van der Waals surface area contributed by atoms with E-state index >= 15 is 0 Å². The first-order valence-electron chi connectivity index (χ1n) is 9.21. The average Bonchev–Trinajstić information content (AvgIpc) is 2.67. The summed E-state index contributed by atoms with van der Waals surface area (Å²) in [5.41, 5.74) is 2.19. The Balaban J connectivity index is 1.86. The molecule has 0 bridgehead atoms. The summed E-state index contributed by atoms with van der Waals surface area (Å²) in [5.74, 6) is 0.626. The lowest BCUT2D eigenvalue weighted by Crippen LogP contribution is -2.58. The second-order valence-corrected chi connectivity index (χ2v) is 7.96. The third-order valence-electron chi connectivity index (χ3n) is 5.22. The number of nitrogens with zero attached hydrogens (tertiary/aromatic N) is 2. The molecule has 0 aromatic heterocycles. The van der Waals surface area contributed by atoms with Crippen molar-refractivity contribution >= 4 is 0 Å². The molecule has 4 rings (SSSR count). The van der Waals surface area contributed by atoms with Crippen molar-refractivity contribution in [3.63, 3.8) is 0 Å². The summed E-state index contributed by atoms with van der Waals surface area (Å²) in [6.45, 7) is 5.79. The molecule has 27 heavy (non-hydrogen) atoms. The SMILES string of the molecule is CC1(C)CNC2=C([N+](=O)[O-])C(c3ccccc3)NC(c3ccccc3)N2C1. The van der Waals surface area contributed by atoms with Gasteiger partial charge >= 0.3 is 5.70 Å². The smallest absolute Gasteiger partial charge is 0.307 e. The number of benzene rings is 2. The van der Waals surface area contributed by atoms with Crippen LogP contribution in [0.15, 0.2) is 72.2 Å². The summed E-state index contributed by atoms with van der Waals surface area (Å²) in [5, 5.41) is 18.9. The van der Waals surface area contributed by atoms with Gasteiger partial charge < -0.3 is 10.2 Å². The van der Waals surface area contributed by atoms with E-state index in [9.17, 15) is 10.1 Å². The van der Waals surface area contributed by atoms with Gasteiger partial charge in [-0.05, 0) is 16.5 Å². The van der Waals surface area contributed by atoms with Crippen LogP contribution < -0.4 is 10.6 Å². The van der Waals surface area contributed by atoms with E-state index in [1.807, 2.05) is 48.5 Å². The van der Waals surface area contributed by atoms with E-state index in [1.165, 1.54) is 0 Å². The topological polar surface area (TPSA) is 70.4 Å². The van der Waals surface area contributed by atoms with Crippen molar-refractivity contribution in [3.05, 3.63) is 93.4 Å². The maximum Gasteiger partial charge on any atom is 0.307 e. The van der Waals surface area contributed by atoms with Gasteiger partial charge in [0, 0.05) is 13.1 Å². The largest absolute Gasteiger partial charge is 0.366 e. The Morgan fingerprint density at radius 2 is 1.63 bits per heavy atom. The van der Waals surface area contributed by atoms with Crippen molar-refractivity contribution in [2.75, 3.05) is 13.1 Å². The van der Waals surface area contributed by atoms with Crippen molar-refractivity contribution < 1.29 is 4.92 Å². The van der Waals surface area contributed by atoms with Crippen LogP contribution in [-0.4, -0.2) is 22.9 Å². The van der Waals surface area contributed by atoms with Gasteiger partial charge in [-0.3, -0.25) is 15.4 Å². The minimum Gasteiger partial charge on any atom is -0.366 e. The first kappa shape index (κ1) is 17.5. The van der Waals surface area contributed by atoms with E-state index in [4.69, 9.17) is 0 Å². The molecule has 0 amide bonds. The second-order valence-electron chi connectivity index (χ2n) is 7.96. The second kappa shape index (κ2) is 6.70. The number of hydrogen-bond acceptors (Lipinski definition) is 5. The van der Waals surface area contributed by atoms with E-state index in [1.54, 1.807) is 0 Å². The number of fused-ring (bicyclic) bond motifs is 1. The van der Waals surface area contributed by atoms with Crippen LogP contribution in [0.5, 0.6) is 0 Å². The highest BCUT2D eigenvalue weighted by molar-refractivity contribution is 5.33. The van der Waals surface area contributed by atoms with Gasteiger partial charge in [-0.2, -0.15) is 0 Å².